The Morgan fingerprint density at radius 1 is 1.11 bits per heavy atom. The van der Waals surface area contributed by atoms with Crippen LogP contribution in [0.3, 0.4) is 0 Å². The number of halogens is 4. The van der Waals surface area contributed by atoms with Crippen molar-refractivity contribution in [2.75, 3.05) is 12.0 Å². The van der Waals surface area contributed by atoms with Crippen molar-refractivity contribution in [3.05, 3.63) is 86.3 Å². The molecule has 38 heavy (non-hydrogen) atoms. The monoisotopic (exact) mass is 563 g/mol. The standard InChI is InChI=1S/C24H17Cl2F2N5O5/c1-2-37-24(36)30-23(35)20(10-29)32-31-14-8-16(25)22(17(26)9-14)38-15-4-6-21(34)33(12-15)11-13-3-5-18(27)19(28)7-13/h3-9,12,31H,2,11H2,1H3,(H,30,35,36). The number of aromatic nitrogens is 1. The van der Waals surface area contributed by atoms with Gasteiger partial charge in [0, 0.05) is 6.07 Å². The van der Waals surface area contributed by atoms with Crippen molar-refractivity contribution in [1.82, 2.24) is 9.88 Å². The normalized spacial score (nSPS) is 10.9. The Kier molecular flexibility index (Phi) is 9.37. The summed E-state index contributed by atoms with van der Waals surface area (Å²) in [5.41, 5.74) is 1.86. The first kappa shape index (κ1) is 28.1. The van der Waals surface area contributed by atoms with Gasteiger partial charge >= 0.3 is 6.09 Å². The van der Waals surface area contributed by atoms with E-state index >= 15 is 0 Å². The maximum absolute atomic E-state index is 13.5. The molecular formula is C24H17Cl2F2N5O5. The molecule has 0 aliphatic rings. The van der Waals surface area contributed by atoms with Crippen molar-refractivity contribution in [2.45, 2.75) is 13.5 Å². The van der Waals surface area contributed by atoms with Crippen LogP contribution >= 0.6 is 23.2 Å². The molecule has 3 aromatic rings. The minimum Gasteiger partial charge on any atom is -0.453 e. The second-order valence-electron chi connectivity index (χ2n) is 7.31. The molecule has 0 saturated heterocycles. The van der Waals surface area contributed by atoms with Crippen LogP contribution in [0.2, 0.25) is 10.0 Å². The Morgan fingerprint density at radius 2 is 1.82 bits per heavy atom. The Labute approximate surface area is 224 Å². The quantitative estimate of drug-likeness (QED) is 0.295. The molecule has 0 atom stereocenters. The first-order valence-corrected chi connectivity index (χ1v) is 11.4. The highest BCUT2D eigenvalue weighted by Crippen LogP contribution is 2.38. The molecule has 196 valence electrons. The lowest BCUT2D eigenvalue weighted by Crippen LogP contribution is -2.36. The fourth-order valence-corrected chi connectivity index (χ4v) is 3.50. The lowest BCUT2D eigenvalue weighted by molar-refractivity contribution is -0.114. The molecule has 1 heterocycles. The Morgan fingerprint density at radius 3 is 2.45 bits per heavy atom. The number of carbonyl (C=O) groups excluding carboxylic acids is 2. The van der Waals surface area contributed by atoms with Crippen molar-refractivity contribution < 1.29 is 27.8 Å². The number of hydrogen-bond acceptors (Lipinski definition) is 8. The molecule has 0 saturated carbocycles. The van der Waals surface area contributed by atoms with Crippen LogP contribution in [0.15, 0.2) is 58.6 Å². The Bertz CT molecular complexity index is 1500. The molecule has 0 radical (unpaired) electrons. The number of carbonyl (C=O) groups is 2. The van der Waals surface area contributed by atoms with Crippen LogP contribution in [0.4, 0.5) is 19.3 Å². The minimum atomic E-state index is -1.09. The highest BCUT2D eigenvalue weighted by atomic mass is 35.5. The molecule has 0 aliphatic carbocycles. The maximum Gasteiger partial charge on any atom is 0.414 e. The highest BCUT2D eigenvalue weighted by molar-refractivity contribution is 6.47. The number of nitrogens with one attached hydrogen (secondary N) is 2. The van der Waals surface area contributed by atoms with E-state index in [-0.39, 0.29) is 40.4 Å². The second-order valence-corrected chi connectivity index (χ2v) is 8.12. The van der Waals surface area contributed by atoms with Crippen molar-refractivity contribution >= 4 is 46.6 Å². The summed E-state index contributed by atoms with van der Waals surface area (Å²) in [5, 5.41) is 14.6. The predicted molar refractivity (Wildman–Crippen MR) is 135 cm³/mol. The minimum absolute atomic E-state index is 0.00281. The summed E-state index contributed by atoms with van der Waals surface area (Å²) >= 11 is 12.6. The van der Waals surface area contributed by atoms with Gasteiger partial charge in [0.05, 0.1) is 35.1 Å². The zero-order valence-electron chi connectivity index (χ0n) is 19.4. The third kappa shape index (κ3) is 7.28. The van der Waals surface area contributed by atoms with Crippen molar-refractivity contribution in [3.63, 3.8) is 0 Å². The summed E-state index contributed by atoms with van der Waals surface area (Å²) in [6.45, 7) is 1.51. The van der Waals surface area contributed by atoms with Gasteiger partial charge < -0.3 is 14.0 Å². The number of ether oxygens (including phenoxy) is 2. The fraction of sp³-hybridized carbons (Fsp3) is 0.125. The predicted octanol–water partition coefficient (Wildman–Crippen LogP) is 4.84. The first-order valence-electron chi connectivity index (χ1n) is 10.6. The van der Waals surface area contributed by atoms with Crippen molar-refractivity contribution in [1.29, 1.82) is 5.26 Å². The van der Waals surface area contributed by atoms with E-state index in [2.05, 4.69) is 15.3 Å². The molecule has 14 heteroatoms. The van der Waals surface area contributed by atoms with Gasteiger partial charge in [-0.2, -0.15) is 10.4 Å². The Hall–Kier alpha value is -4.47. The molecule has 1 aromatic heterocycles. The molecule has 0 bridgehead atoms. The molecule has 2 N–H and O–H groups in total. The number of pyridine rings is 1. The van der Waals surface area contributed by atoms with Crippen molar-refractivity contribution in [2.24, 2.45) is 5.10 Å². The number of hydrazone groups is 1. The molecule has 0 unspecified atom stereocenters. The molecule has 2 aromatic carbocycles. The summed E-state index contributed by atoms with van der Waals surface area (Å²) in [7, 11) is 0. The van der Waals surface area contributed by atoms with E-state index in [4.69, 9.17) is 33.2 Å². The molecular weight excluding hydrogens is 547 g/mol. The van der Waals surface area contributed by atoms with E-state index in [1.54, 1.807) is 6.92 Å². The number of imide groups is 1. The second kappa shape index (κ2) is 12.7. The molecule has 2 amide bonds. The number of rotatable bonds is 8. The third-order valence-corrected chi connectivity index (χ3v) is 5.18. The largest absolute Gasteiger partial charge is 0.453 e. The number of nitriles is 1. The lowest BCUT2D eigenvalue weighted by atomic mass is 10.2. The SMILES string of the molecule is CCOC(=O)NC(=O)C(C#N)=NNc1cc(Cl)c(Oc2ccc(=O)n(Cc3ccc(F)c(F)c3)c2)c(Cl)c1. The molecule has 0 spiro atoms. The molecule has 0 fully saturated rings. The van der Waals surface area contributed by atoms with Crippen LogP contribution < -0.4 is 21.0 Å². The van der Waals surface area contributed by atoms with Gasteiger partial charge in [0.15, 0.2) is 17.4 Å². The number of nitrogens with zero attached hydrogens (tertiary/aromatic N) is 3. The average Bonchev–Trinajstić information content (AvgIpc) is 2.86. The van der Waals surface area contributed by atoms with E-state index in [9.17, 15) is 23.2 Å². The molecule has 3 rings (SSSR count). The van der Waals surface area contributed by atoms with Crippen LogP contribution in [-0.4, -0.2) is 28.9 Å². The van der Waals surface area contributed by atoms with Crippen LogP contribution in [0.5, 0.6) is 11.5 Å². The highest BCUT2D eigenvalue weighted by Gasteiger charge is 2.16. The lowest BCUT2D eigenvalue weighted by Gasteiger charge is -2.13. The van der Waals surface area contributed by atoms with E-state index in [0.717, 1.165) is 12.1 Å². The summed E-state index contributed by atoms with van der Waals surface area (Å²) in [6.07, 6.45) is 0.304. The van der Waals surface area contributed by atoms with Crippen LogP contribution in [0.25, 0.3) is 0 Å². The summed E-state index contributed by atoms with van der Waals surface area (Å²) in [4.78, 5) is 35.5. The van der Waals surface area contributed by atoms with Gasteiger partial charge in [-0.15, -0.1) is 0 Å². The summed E-state index contributed by atoms with van der Waals surface area (Å²) in [6, 6.07) is 10.1. The zero-order valence-corrected chi connectivity index (χ0v) is 20.9. The van der Waals surface area contributed by atoms with Gasteiger partial charge in [-0.25, -0.2) is 13.6 Å². The fourth-order valence-electron chi connectivity index (χ4n) is 2.93. The number of alkyl carbamates (subject to hydrolysis) is 1. The number of amides is 2. The Balaban J connectivity index is 1.77. The molecule has 10 nitrogen and oxygen atoms in total. The van der Waals surface area contributed by atoms with Crippen LogP contribution in [0, 0.1) is 23.0 Å². The van der Waals surface area contributed by atoms with Crippen molar-refractivity contribution in [3.8, 4) is 17.6 Å². The average molecular weight is 564 g/mol. The first-order chi connectivity index (χ1) is 18.1. The van der Waals surface area contributed by atoms with E-state index in [1.165, 1.54) is 47.2 Å². The maximum atomic E-state index is 13.5. The summed E-state index contributed by atoms with van der Waals surface area (Å²) in [5.74, 6) is -2.95. The van der Waals surface area contributed by atoms with Gasteiger partial charge in [-0.05, 0) is 42.8 Å². The smallest absolute Gasteiger partial charge is 0.414 e. The number of benzene rings is 2. The number of hydrogen-bond donors (Lipinski definition) is 2. The van der Waals surface area contributed by atoms with Crippen LogP contribution in [-0.2, 0) is 16.1 Å². The third-order valence-electron chi connectivity index (χ3n) is 4.62. The topological polar surface area (TPSA) is 135 Å². The molecule has 0 aliphatic heterocycles. The number of anilines is 1. The van der Waals surface area contributed by atoms with Crippen LogP contribution in [0.1, 0.15) is 12.5 Å². The van der Waals surface area contributed by atoms with Gasteiger partial charge in [-0.1, -0.05) is 29.3 Å². The van der Waals surface area contributed by atoms with Gasteiger partial charge in [-0.3, -0.25) is 20.3 Å². The van der Waals surface area contributed by atoms with Gasteiger partial charge in [0.25, 0.3) is 11.5 Å². The summed E-state index contributed by atoms with van der Waals surface area (Å²) < 4.78 is 38.2. The van der Waals surface area contributed by atoms with E-state index < -0.39 is 34.9 Å². The van der Waals surface area contributed by atoms with E-state index in [1.807, 2.05) is 5.32 Å². The van der Waals surface area contributed by atoms with Gasteiger partial charge in [0.1, 0.15) is 11.8 Å². The van der Waals surface area contributed by atoms with Gasteiger partial charge in [0.2, 0.25) is 5.71 Å². The van der Waals surface area contributed by atoms with E-state index in [0.29, 0.717) is 5.56 Å². The zero-order chi connectivity index (χ0) is 27.8.